The van der Waals surface area contributed by atoms with Gasteiger partial charge in [-0.15, -0.1) is 0 Å². The van der Waals surface area contributed by atoms with Gasteiger partial charge >= 0.3 is 5.97 Å². The molecular weight excluding hydrogens is 314 g/mol. The number of hydrogen-bond donors (Lipinski definition) is 2. The summed E-state index contributed by atoms with van der Waals surface area (Å²) in [5.41, 5.74) is 0.270. The standard InChI is InChI=1S/C16H17N3O5/c1-24-14(20)10-8-16(18-6-2-3-13(10)18)11-7-9(19(22)23)4-5-12(11)17-15(16)21/h4-5,7,10,13H,2-3,6,8H2,1H3,(H,17,21)/p+1/t10-,13-,16-/m0/s1. The molecule has 2 saturated heterocycles. The Morgan fingerprint density at radius 3 is 3.00 bits per heavy atom. The molecule has 8 heteroatoms. The largest absolute Gasteiger partial charge is 0.469 e. The lowest BCUT2D eigenvalue weighted by Gasteiger charge is -2.29. The van der Waals surface area contributed by atoms with Crippen molar-refractivity contribution in [1.82, 2.24) is 0 Å². The zero-order valence-electron chi connectivity index (χ0n) is 13.2. The first-order chi connectivity index (χ1) is 11.5. The Hall–Kier alpha value is -2.48. The molecule has 24 heavy (non-hydrogen) atoms. The van der Waals surface area contributed by atoms with E-state index in [1.807, 2.05) is 0 Å². The molecule has 8 nitrogen and oxygen atoms in total. The molecule has 0 saturated carbocycles. The highest BCUT2D eigenvalue weighted by molar-refractivity contribution is 6.05. The van der Waals surface area contributed by atoms with E-state index in [1.165, 1.54) is 19.2 Å². The second kappa shape index (κ2) is 5.01. The third-order valence-electron chi connectivity index (χ3n) is 5.78. The van der Waals surface area contributed by atoms with E-state index in [1.54, 1.807) is 6.07 Å². The van der Waals surface area contributed by atoms with Crippen molar-refractivity contribution >= 4 is 23.3 Å². The summed E-state index contributed by atoms with van der Waals surface area (Å²) in [7, 11) is 1.36. The second-order valence-corrected chi connectivity index (χ2v) is 6.70. The first-order valence-electron chi connectivity index (χ1n) is 8.03. The summed E-state index contributed by atoms with van der Waals surface area (Å²) >= 11 is 0. The minimum atomic E-state index is -0.929. The first kappa shape index (κ1) is 15.1. The zero-order valence-corrected chi connectivity index (χ0v) is 13.2. The highest BCUT2D eigenvalue weighted by Crippen LogP contribution is 2.45. The quantitative estimate of drug-likeness (QED) is 0.450. The average Bonchev–Trinajstić information content (AvgIpc) is 3.22. The van der Waals surface area contributed by atoms with Crippen LogP contribution in [0.4, 0.5) is 11.4 Å². The Morgan fingerprint density at radius 1 is 1.50 bits per heavy atom. The topological polar surface area (TPSA) is 103 Å². The van der Waals surface area contributed by atoms with Crippen LogP contribution in [0.5, 0.6) is 0 Å². The number of nitrogens with one attached hydrogen (secondary N) is 2. The molecule has 4 atom stereocenters. The van der Waals surface area contributed by atoms with Gasteiger partial charge in [0, 0.05) is 31.4 Å². The number of esters is 1. The molecule has 0 aromatic heterocycles. The molecule has 3 aliphatic heterocycles. The normalized spacial score (nSPS) is 33.2. The maximum absolute atomic E-state index is 12.9. The van der Waals surface area contributed by atoms with Crippen LogP contribution in [0.3, 0.4) is 0 Å². The minimum Gasteiger partial charge on any atom is -0.469 e. The van der Waals surface area contributed by atoms with Gasteiger partial charge in [0.2, 0.25) is 5.54 Å². The van der Waals surface area contributed by atoms with Gasteiger partial charge in [0.05, 0.1) is 29.8 Å². The van der Waals surface area contributed by atoms with Crippen molar-refractivity contribution in [3.63, 3.8) is 0 Å². The van der Waals surface area contributed by atoms with Crippen molar-refractivity contribution in [2.75, 3.05) is 19.0 Å². The Labute approximate surface area is 137 Å². The van der Waals surface area contributed by atoms with Gasteiger partial charge in [-0.2, -0.15) is 0 Å². The van der Waals surface area contributed by atoms with Crippen LogP contribution in [0.15, 0.2) is 18.2 Å². The lowest BCUT2D eigenvalue weighted by atomic mass is 9.84. The number of hydrogen-bond acceptors (Lipinski definition) is 5. The summed E-state index contributed by atoms with van der Waals surface area (Å²) < 4.78 is 4.94. The number of ether oxygens (including phenoxy) is 1. The Morgan fingerprint density at radius 2 is 2.29 bits per heavy atom. The minimum absolute atomic E-state index is 0.0217. The highest BCUT2D eigenvalue weighted by Gasteiger charge is 2.67. The predicted octanol–water partition coefficient (Wildman–Crippen LogP) is -0.0176. The fourth-order valence-corrected chi connectivity index (χ4v) is 4.83. The second-order valence-electron chi connectivity index (χ2n) is 6.70. The fourth-order valence-electron chi connectivity index (χ4n) is 4.83. The number of fused-ring (bicyclic) bond motifs is 4. The van der Waals surface area contributed by atoms with Crippen molar-refractivity contribution < 1.29 is 24.1 Å². The summed E-state index contributed by atoms with van der Waals surface area (Å²) in [5, 5.41) is 14.0. The van der Waals surface area contributed by atoms with Gasteiger partial charge in [-0.05, 0) is 6.07 Å². The van der Waals surface area contributed by atoms with Crippen LogP contribution in [0.2, 0.25) is 0 Å². The third kappa shape index (κ3) is 1.77. The monoisotopic (exact) mass is 332 g/mol. The number of non-ortho nitro benzene ring substituents is 1. The van der Waals surface area contributed by atoms with Gasteiger partial charge in [-0.1, -0.05) is 0 Å². The molecule has 0 bridgehead atoms. The Kier molecular flexibility index (Phi) is 3.14. The van der Waals surface area contributed by atoms with Crippen molar-refractivity contribution in [2.45, 2.75) is 30.8 Å². The van der Waals surface area contributed by atoms with E-state index in [0.29, 0.717) is 17.7 Å². The number of nitrogens with zero attached hydrogens (tertiary/aromatic N) is 1. The van der Waals surface area contributed by atoms with E-state index < -0.39 is 10.5 Å². The summed E-state index contributed by atoms with van der Waals surface area (Å²) in [5.74, 6) is -0.835. The van der Waals surface area contributed by atoms with Crippen LogP contribution in [-0.4, -0.2) is 36.5 Å². The summed E-state index contributed by atoms with van der Waals surface area (Å²) in [4.78, 5) is 36.8. The molecule has 126 valence electrons. The van der Waals surface area contributed by atoms with E-state index in [-0.39, 0.29) is 29.5 Å². The van der Waals surface area contributed by atoms with E-state index in [4.69, 9.17) is 4.74 Å². The molecule has 2 fully saturated rings. The van der Waals surface area contributed by atoms with E-state index in [9.17, 15) is 19.7 Å². The van der Waals surface area contributed by atoms with Crippen molar-refractivity contribution in [3.8, 4) is 0 Å². The molecule has 0 aliphatic carbocycles. The maximum Gasteiger partial charge on any atom is 0.315 e. The SMILES string of the molecule is COC(=O)[C@H]1C[C@]2(C(=O)Nc3ccc([N+](=O)[O-])cc32)[NH+]2CCC[C@@H]12. The fraction of sp³-hybridized carbons (Fsp3) is 0.500. The predicted molar refractivity (Wildman–Crippen MR) is 82.4 cm³/mol. The molecule has 3 aliphatic rings. The van der Waals surface area contributed by atoms with Gasteiger partial charge in [0.25, 0.3) is 11.6 Å². The van der Waals surface area contributed by atoms with Crippen LogP contribution in [0.25, 0.3) is 0 Å². The van der Waals surface area contributed by atoms with Gasteiger partial charge in [-0.25, -0.2) is 0 Å². The number of amides is 1. The van der Waals surface area contributed by atoms with Crippen molar-refractivity contribution in [3.05, 3.63) is 33.9 Å². The molecule has 1 spiro atoms. The van der Waals surface area contributed by atoms with E-state index >= 15 is 0 Å². The lowest BCUT2D eigenvalue weighted by Crippen LogP contribution is -3.19. The van der Waals surface area contributed by atoms with E-state index in [2.05, 4.69) is 5.32 Å². The van der Waals surface area contributed by atoms with E-state index in [0.717, 1.165) is 24.3 Å². The number of anilines is 1. The van der Waals surface area contributed by atoms with Crippen molar-refractivity contribution in [1.29, 1.82) is 0 Å². The maximum atomic E-state index is 12.9. The van der Waals surface area contributed by atoms with Crippen LogP contribution in [0.1, 0.15) is 24.8 Å². The lowest BCUT2D eigenvalue weighted by molar-refractivity contribution is -0.947. The zero-order chi connectivity index (χ0) is 17.1. The molecule has 3 heterocycles. The number of nitro benzene ring substituents is 1. The molecule has 0 radical (unpaired) electrons. The van der Waals surface area contributed by atoms with Crippen LogP contribution >= 0.6 is 0 Å². The Balaban J connectivity index is 1.86. The van der Waals surface area contributed by atoms with Gasteiger partial charge in [0.15, 0.2) is 0 Å². The summed E-state index contributed by atoms with van der Waals surface area (Å²) in [6, 6.07) is 4.47. The van der Waals surface area contributed by atoms with Gasteiger partial charge in [-0.3, -0.25) is 19.7 Å². The molecule has 4 rings (SSSR count). The smallest absolute Gasteiger partial charge is 0.315 e. The Bertz CT molecular complexity index is 764. The van der Waals surface area contributed by atoms with Crippen LogP contribution in [-0.2, 0) is 19.9 Å². The number of carbonyl (C=O) groups excluding carboxylic acids is 2. The molecular formula is C16H18N3O5+. The third-order valence-corrected chi connectivity index (χ3v) is 5.78. The molecule has 1 amide bonds. The van der Waals surface area contributed by atoms with Crippen LogP contribution < -0.4 is 10.2 Å². The summed E-state index contributed by atoms with van der Waals surface area (Å²) in [6.45, 7) is 0.772. The molecule has 1 aromatic carbocycles. The number of rotatable bonds is 2. The molecule has 2 N–H and O–H groups in total. The van der Waals surface area contributed by atoms with Crippen LogP contribution in [0, 0.1) is 16.0 Å². The highest BCUT2D eigenvalue weighted by atomic mass is 16.6. The average molecular weight is 332 g/mol. The molecule has 1 unspecified atom stereocenters. The number of nitro groups is 1. The first-order valence-corrected chi connectivity index (χ1v) is 8.03. The van der Waals surface area contributed by atoms with Gasteiger partial charge < -0.3 is 15.0 Å². The summed E-state index contributed by atoms with van der Waals surface area (Å²) in [6.07, 6.45) is 2.11. The number of benzene rings is 1. The van der Waals surface area contributed by atoms with Gasteiger partial charge in [0.1, 0.15) is 12.0 Å². The number of quaternary nitrogens is 1. The molecule has 1 aromatic rings. The van der Waals surface area contributed by atoms with Crippen molar-refractivity contribution in [2.24, 2.45) is 5.92 Å². The number of carbonyl (C=O) groups is 2. The number of methoxy groups -OCH3 is 1.